The number of hydrogen-bond donors (Lipinski definition) is 2. The summed E-state index contributed by atoms with van der Waals surface area (Å²) in [6.07, 6.45) is 11.0. The van der Waals surface area contributed by atoms with Gasteiger partial charge in [0.2, 0.25) is 5.91 Å². The fourth-order valence-corrected chi connectivity index (χ4v) is 2.91. The minimum absolute atomic E-state index is 0.215. The van der Waals surface area contributed by atoms with E-state index in [2.05, 4.69) is 29.7 Å². The summed E-state index contributed by atoms with van der Waals surface area (Å²) in [5.74, 6) is 0.853. The molecule has 2 atom stereocenters. The van der Waals surface area contributed by atoms with Gasteiger partial charge in [-0.25, -0.2) is 0 Å². The molecular weight excluding hydrogens is 212 g/mol. The molecule has 1 aliphatic carbocycles. The van der Waals surface area contributed by atoms with E-state index >= 15 is 0 Å². The summed E-state index contributed by atoms with van der Waals surface area (Å²) >= 11 is 0. The fraction of sp³-hybridized carbons (Fsp3) is 0.786. The molecule has 1 fully saturated rings. The number of amides is 1. The number of allylic oxidation sites excluding steroid dienone is 2. The number of hydrogen-bond acceptors (Lipinski definition) is 2. The van der Waals surface area contributed by atoms with Crippen molar-refractivity contribution >= 4 is 5.91 Å². The van der Waals surface area contributed by atoms with Crippen LogP contribution in [0.25, 0.3) is 0 Å². The lowest BCUT2D eigenvalue weighted by atomic mass is 9.91. The van der Waals surface area contributed by atoms with Gasteiger partial charge in [0.15, 0.2) is 0 Å². The SMILES string of the molecule is CCC1(C(=O)NCC2CC=CCC2)CCCN1. The summed E-state index contributed by atoms with van der Waals surface area (Å²) in [4.78, 5) is 12.2. The maximum atomic E-state index is 12.2. The third kappa shape index (κ3) is 2.89. The van der Waals surface area contributed by atoms with E-state index in [1.807, 2.05) is 0 Å². The van der Waals surface area contributed by atoms with E-state index in [1.54, 1.807) is 0 Å². The van der Waals surface area contributed by atoms with Gasteiger partial charge in [-0.2, -0.15) is 0 Å². The zero-order chi connectivity index (χ0) is 12.1. The van der Waals surface area contributed by atoms with Crippen LogP contribution in [0.3, 0.4) is 0 Å². The Hall–Kier alpha value is -0.830. The predicted octanol–water partition coefficient (Wildman–Crippen LogP) is 1.99. The van der Waals surface area contributed by atoms with E-state index in [4.69, 9.17) is 0 Å². The first-order chi connectivity index (χ1) is 8.27. The van der Waals surface area contributed by atoms with E-state index in [-0.39, 0.29) is 11.4 Å². The first-order valence-electron chi connectivity index (χ1n) is 6.95. The van der Waals surface area contributed by atoms with Gasteiger partial charge in [0, 0.05) is 6.54 Å². The summed E-state index contributed by atoms with van der Waals surface area (Å²) < 4.78 is 0. The Balaban J connectivity index is 1.81. The van der Waals surface area contributed by atoms with Crippen molar-refractivity contribution in [2.45, 2.75) is 51.0 Å². The van der Waals surface area contributed by atoms with Crippen molar-refractivity contribution in [3.63, 3.8) is 0 Å². The van der Waals surface area contributed by atoms with Gasteiger partial charge >= 0.3 is 0 Å². The van der Waals surface area contributed by atoms with E-state index in [9.17, 15) is 4.79 Å². The van der Waals surface area contributed by atoms with Crippen LogP contribution in [0.15, 0.2) is 12.2 Å². The molecule has 0 saturated carbocycles. The molecule has 0 radical (unpaired) electrons. The summed E-state index contributed by atoms with van der Waals surface area (Å²) in [7, 11) is 0. The van der Waals surface area contributed by atoms with Crippen LogP contribution in [0.1, 0.15) is 45.4 Å². The molecule has 2 aliphatic rings. The molecule has 0 bridgehead atoms. The average Bonchev–Trinajstić information content (AvgIpc) is 2.87. The van der Waals surface area contributed by atoms with E-state index < -0.39 is 0 Å². The van der Waals surface area contributed by atoms with Gasteiger partial charge in [-0.3, -0.25) is 4.79 Å². The van der Waals surface area contributed by atoms with Crippen LogP contribution in [-0.4, -0.2) is 24.5 Å². The quantitative estimate of drug-likeness (QED) is 0.733. The molecule has 2 unspecified atom stereocenters. The first kappa shape index (κ1) is 12.6. The smallest absolute Gasteiger partial charge is 0.240 e. The lowest BCUT2D eigenvalue weighted by Crippen LogP contribution is -2.53. The van der Waals surface area contributed by atoms with Crippen LogP contribution in [0.4, 0.5) is 0 Å². The van der Waals surface area contributed by atoms with Crippen molar-refractivity contribution in [1.29, 1.82) is 0 Å². The monoisotopic (exact) mass is 236 g/mol. The van der Waals surface area contributed by atoms with Crippen molar-refractivity contribution in [3.05, 3.63) is 12.2 Å². The molecule has 0 aromatic heterocycles. The molecule has 0 aromatic rings. The highest BCUT2D eigenvalue weighted by Crippen LogP contribution is 2.23. The largest absolute Gasteiger partial charge is 0.354 e. The summed E-state index contributed by atoms with van der Waals surface area (Å²) in [6.45, 7) is 3.92. The van der Waals surface area contributed by atoms with Crippen LogP contribution < -0.4 is 10.6 Å². The zero-order valence-corrected chi connectivity index (χ0v) is 10.8. The Morgan fingerprint density at radius 3 is 3.00 bits per heavy atom. The molecule has 3 nitrogen and oxygen atoms in total. The van der Waals surface area contributed by atoms with E-state index in [1.165, 1.54) is 6.42 Å². The zero-order valence-electron chi connectivity index (χ0n) is 10.8. The molecule has 1 amide bonds. The standard InChI is InChI=1S/C14H24N2O/c1-2-14(9-6-10-16-14)13(17)15-11-12-7-4-3-5-8-12/h3-4,12,16H,2,5-11H2,1H3,(H,15,17). The molecule has 1 aliphatic heterocycles. The lowest BCUT2D eigenvalue weighted by molar-refractivity contribution is -0.127. The van der Waals surface area contributed by atoms with Gasteiger partial charge in [-0.15, -0.1) is 0 Å². The molecule has 3 heteroatoms. The minimum atomic E-state index is -0.273. The Bertz CT molecular complexity index is 293. The van der Waals surface area contributed by atoms with Gasteiger partial charge in [0.25, 0.3) is 0 Å². The molecule has 0 aromatic carbocycles. The van der Waals surface area contributed by atoms with Crippen molar-refractivity contribution < 1.29 is 4.79 Å². The van der Waals surface area contributed by atoms with Gasteiger partial charge < -0.3 is 10.6 Å². The lowest BCUT2D eigenvalue weighted by Gasteiger charge is -2.28. The molecule has 96 valence electrons. The highest BCUT2D eigenvalue weighted by atomic mass is 16.2. The maximum absolute atomic E-state index is 12.2. The molecule has 2 N–H and O–H groups in total. The van der Waals surface area contributed by atoms with Crippen LogP contribution in [0, 0.1) is 5.92 Å². The molecule has 17 heavy (non-hydrogen) atoms. The van der Waals surface area contributed by atoms with Crippen molar-refractivity contribution in [2.75, 3.05) is 13.1 Å². The van der Waals surface area contributed by atoms with Gasteiger partial charge in [0.05, 0.1) is 5.54 Å². The van der Waals surface area contributed by atoms with Gasteiger partial charge in [0.1, 0.15) is 0 Å². The average molecular weight is 236 g/mol. The maximum Gasteiger partial charge on any atom is 0.240 e. The van der Waals surface area contributed by atoms with Crippen LogP contribution in [0.2, 0.25) is 0 Å². The Morgan fingerprint density at radius 2 is 2.41 bits per heavy atom. The van der Waals surface area contributed by atoms with Crippen LogP contribution >= 0.6 is 0 Å². The Kier molecular flexibility index (Phi) is 4.21. The Labute approximate surface area is 104 Å². The molecular formula is C14H24N2O. The van der Waals surface area contributed by atoms with Crippen LogP contribution in [-0.2, 0) is 4.79 Å². The first-order valence-corrected chi connectivity index (χ1v) is 6.95. The molecule has 2 rings (SSSR count). The number of carbonyl (C=O) groups is 1. The van der Waals surface area contributed by atoms with Crippen molar-refractivity contribution in [1.82, 2.24) is 10.6 Å². The second kappa shape index (κ2) is 5.67. The highest BCUT2D eigenvalue weighted by molar-refractivity contribution is 5.86. The third-order valence-corrected chi connectivity index (χ3v) is 4.21. The van der Waals surface area contributed by atoms with Gasteiger partial charge in [-0.1, -0.05) is 19.1 Å². The number of nitrogens with one attached hydrogen (secondary N) is 2. The summed E-state index contributed by atoms with van der Waals surface area (Å²) in [6, 6.07) is 0. The van der Waals surface area contributed by atoms with Crippen molar-refractivity contribution in [3.8, 4) is 0 Å². The normalized spacial score (nSPS) is 32.6. The third-order valence-electron chi connectivity index (χ3n) is 4.21. The Morgan fingerprint density at radius 1 is 1.53 bits per heavy atom. The predicted molar refractivity (Wildman–Crippen MR) is 69.7 cm³/mol. The van der Waals surface area contributed by atoms with Gasteiger partial charge in [-0.05, 0) is 51.0 Å². The second-order valence-electron chi connectivity index (χ2n) is 5.33. The molecule has 0 spiro atoms. The van der Waals surface area contributed by atoms with Crippen LogP contribution in [0.5, 0.6) is 0 Å². The summed E-state index contributed by atoms with van der Waals surface area (Å²) in [5, 5.41) is 6.53. The van der Waals surface area contributed by atoms with E-state index in [0.717, 1.165) is 45.2 Å². The molecule has 1 saturated heterocycles. The second-order valence-corrected chi connectivity index (χ2v) is 5.33. The van der Waals surface area contributed by atoms with E-state index in [0.29, 0.717) is 5.92 Å². The summed E-state index contributed by atoms with van der Waals surface area (Å²) in [5.41, 5.74) is -0.273. The molecule has 1 heterocycles. The topological polar surface area (TPSA) is 41.1 Å². The van der Waals surface area contributed by atoms with Crippen molar-refractivity contribution in [2.24, 2.45) is 5.92 Å². The number of rotatable bonds is 4. The minimum Gasteiger partial charge on any atom is -0.354 e. The number of carbonyl (C=O) groups excluding carboxylic acids is 1. The highest BCUT2D eigenvalue weighted by Gasteiger charge is 2.38. The fourth-order valence-electron chi connectivity index (χ4n) is 2.91.